The fraction of sp³-hybridized carbons (Fsp3) is 0.412. The van der Waals surface area contributed by atoms with Crippen LogP contribution in [0.1, 0.15) is 11.4 Å². The van der Waals surface area contributed by atoms with Crippen molar-refractivity contribution in [1.82, 2.24) is 29.0 Å². The van der Waals surface area contributed by atoms with Gasteiger partial charge in [0.05, 0.1) is 6.67 Å². The Morgan fingerprint density at radius 1 is 1.04 bits per heavy atom. The van der Waals surface area contributed by atoms with E-state index in [1.165, 1.54) is 5.69 Å². The smallest absolute Gasteiger partial charge is 0.252 e. The Balaban J connectivity index is 1.52. The molecule has 0 spiro atoms. The van der Waals surface area contributed by atoms with Crippen LogP contribution in [0.4, 0.5) is 5.69 Å². The van der Waals surface area contributed by atoms with Gasteiger partial charge in [-0.1, -0.05) is 0 Å². The molecule has 0 amide bonds. The van der Waals surface area contributed by atoms with Gasteiger partial charge in [0.2, 0.25) is 4.77 Å². The molecule has 0 atom stereocenters. The molecule has 1 aliphatic rings. The highest BCUT2D eigenvalue weighted by atomic mass is 32.1. The van der Waals surface area contributed by atoms with E-state index in [0.717, 1.165) is 44.2 Å². The number of aromatic nitrogens is 5. The molecule has 1 fully saturated rings. The van der Waals surface area contributed by atoms with Gasteiger partial charge >= 0.3 is 0 Å². The maximum Gasteiger partial charge on any atom is 0.252 e. The highest BCUT2D eigenvalue weighted by Gasteiger charge is 2.19. The summed E-state index contributed by atoms with van der Waals surface area (Å²) in [6.07, 6.45) is 3.69. The van der Waals surface area contributed by atoms with E-state index in [-0.39, 0.29) is 0 Å². The largest absolute Gasteiger partial charge is 0.369 e. The SMILES string of the molecule is Cc1cc(C)n2c(n1)nc(=S)n2CN1CCN(c2ccncc2)CC1. The van der Waals surface area contributed by atoms with Crippen LogP contribution in [0.3, 0.4) is 0 Å². The van der Waals surface area contributed by atoms with Crippen molar-refractivity contribution in [3.05, 3.63) is 46.8 Å². The fourth-order valence-corrected chi connectivity index (χ4v) is 3.59. The minimum atomic E-state index is 0.581. The summed E-state index contributed by atoms with van der Waals surface area (Å²) in [5.74, 6) is 0.679. The van der Waals surface area contributed by atoms with E-state index in [2.05, 4.69) is 49.9 Å². The summed E-state index contributed by atoms with van der Waals surface area (Å²) in [5.41, 5.74) is 3.29. The van der Waals surface area contributed by atoms with Crippen LogP contribution >= 0.6 is 12.2 Å². The van der Waals surface area contributed by atoms with Crippen molar-refractivity contribution < 1.29 is 0 Å². The zero-order chi connectivity index (χ0) is 17.4. The molecule has 4 rings (SSSR count). The Morgan fingerprint density at radius 2 is 1.76 bits per heavy atom. The molecular formula is C17H21N7S. The zero-order valence-electron chi connectivity index (χ0n) is 14.5. The van der Waals surface area contributed by atoms with E-state index < -0.39 is 0 Å². The molecule has 3 aromatic heterocycles. The molecule has 8 heteroatoms. The monoisotopic (exact) mass is 355 g/mol. The Kier molecular flexibility index (Phi) is 4.22. The maximum atomic E-state index is 5.47. The van der Waals surface area contributed by atoms with Gasteiger partial charge in [0, 0.05) is 55.6 Å². The Hall–Kier alpha value is -2.32. The van der Waals surface area contributed by atoms with Crippen molar-refractivity contribution in [2.45, 2.75) is 20.5 Å². The second-order valence-corrected chi connectivity index (χ2v) is 6.76. The van der Waals surface area contributed by atoms with Crippen molar-refractivity contribution in [3.63, 3.8) is 0 Å². The lowest BCUT2D eigenvalue weighted by Crippen LogP contribution is -2.47. The fourth-order valence-electron chi connectivity index (χ4n) is 3.37. The average Bonchev–Trinajstić information content (AvgIpc) is 2.92. The number of anilines is 1. The molecular weight excluding hydrogens is 334 g/mol. The van der Waals surface area contributed by atoms with E-state index in [0.29, 0.717) is 10.5 Å². The molecule has 130 valence electrons. The molecule has 0 N–H and O–H groups in total. The molecule has 3 aromatic rings. The van der Waals surface area contributed by atoms with Crippen molar-refractivity contribution in [1.29, 1.82) is 0 Å². The van der Waals surface area contributed by atoms with Crippen LogP contribution in [-0.4, -0.2) is 55.2 Å². The topological polar surface area (TPSA) is 54.5 Å². The second kappa shape index (κ2) is 6.53. The normalized spacial score (nSPS) is 15.8. The molecule has 7 nitrogen and oxygen atoms in total. The first-order valence-electron chi connectivity index (χ1n) is 8.43. The van der Waals surface area contributed by atoms with Crippen LogP contribution in [0.5, 0.6) is 0 Å². The first kappa shape index (κ1) is 16.2. The van der Waals surface area contributed by atoms with Gasteiger partial charge in [-0.25, -0.2) is 14.2 Å². The van der Waals surface area contributed by atoms with Crippen LogP contribution < -0.4 is 4.90 Å². The molecule has 0 unspecified atom stereocenters. The lowest BCUT2D eigenvalue weighted by atomic mass is 10.3. The number of piperazine rings is 1. The summed E-state index contributed by atoms with van der Waals surface area (Å²) < 4.78 is 4.64. The van der Waals surface area contributed by atoms with E-state index >= 15 is 0 Å². The highest BCUT2D eigenvalue weighted by Crippen LogP contribution is 2.15. The molecule has 4 heterocycles. The van der Waals surface area contributed by atoms with E-state index in [9.17, 15) is 0 Å². The Bertz CT molecular complexity index is 939. The summed E-state index contributed by atoms with van der Waals surface area (Å²) in [5, 5.41) is 0. The van der Waals surface area contributed by atoms with Crippen LogP contribution in [0, 0.1) is 18.6 Å². The first-order chi connectivity index (χ1) is 12.1. The number of fused-ring (bicyclic) bond motifs is 1. The van der Waals surface area contributed by atoms with Gasteiger partial charge in [0.25, 0.3) is 5.78 Å². The number of rotatable bonds is 3. The van der Waals surface area contributed by atoms with Crippen LogP contribution in [0.2, 0.25) is 0 Å². The highest BCUT2D eigenvalue weighted by molar-refractivity contribution is 7.71. The molecule has 0 aliphatic carbocycles. The van der Waals surface area contributed by atoms with Gasteiger partial charge in [-0.15, -0.1) is 0 Å². The Morgan fingerprint density at radius 3 is 2.48 bits per heavy atom. The minimum absolute atomic E-state index is 0.581. The summed E-state index contributed by atoms with van der Waals surface area (Å²) in [6, 6.07) is 6.18. The quantitative estimate of drug-likeness (QED) is 0.670. The number of aryl methyl sites for hydroxylation is 2. The van der Waals surface area contributed by atoms with E-state index in [1.807, 2.05) is 28.5 Å². The number of nitrogens with zero attached hydrogens (tertiary/aromatic N) is 7. The third-order valence-corrected chi connectivity index (χ3v) is 4.91. The van der Waals surface area contributed by atoms with Gasteiger partial charge in [-0.2, -0.15) is 4.98 Å². The summed E-state index contributed by atoms with van der Waals surface area (Å²) >= 11 is 5.47. The first-order valence-corrected chi connectivity index (χ1v) is 8.84. The maximum absolute atomic E-state index is 5.47. The van der Waals surface area contributed by atoms with Crippen molar-refractivity contribution in [2.75, 3.05) is 31.1 Å². The van der Waals surface area contributed by atoms with Gasteiger partial charge < -0.3 is 4.90 Å². The predicted molar refractivity (Wildman–Crippen MR) is 99.3 cm³/mol. The molecule has 25 heavy (non-hydrogen) atoms. The number of pyridine rings is 1. The standard InChI is InChI=1S/C17H21N7S/c1-13-11-14(2)24-16(19-13)20-17(25)23(24)12-21-7-9-22(10-8-21)15-3-5-18-6-4-15/h3-6,11H,7-10,12H2,1-2H3. The van der Waals surface area contributed by atoms with E-state index in [4.69, 9.17) is 12.2 Å². The molecule has 0 aromatic carbocycles. The van der Waals surface area contributed by atoms with Crippen molar-refractivity contribution >= 4 is 23.7 Å². The lowest BCUT2D eigenvalue weighted by Gasteiger charge is -2.36. The van der Waals surface area contributed by atoms with Crippen molar-refractivity contribution in [3.8, 4) is 0 Å². The lowest BCUT2D eigenvalue weighted by molar-refractivity contribution is 0.190. The molecule has 0 radical (unpaired) electrons. The number of hydrogen-bond acceptors (Lipinski definition) is 6. The zero-order valence-corrected chi connectivity index (χ0v) is 15.3. The van der Waals surface area contributed by atoms with Crippen molar-refractivity contribution in [2.24, 2.45) is 0 Å². The van der Waals surface area contributed by atoms with Gasteiger partial charge in [-0.05, 0) is 44.3 Å². The predicted octanol–water partition coefficient (Wildman–Crippen LogP) is 2.05. The van der Waals surface area contributed by atoms with Gasteiger partial charge in [0.15, 0.2) is 0 Å². The molecule has 1 aliphatic heterocycles. The van der Waals surface area contributed by atoms with Gasteiger partial charge in [0.1, 0.15) is 0 Å². The summed E-state index contributed by atoms with van der Waals surface area (Å²) in [7, 11) is 0. The molecule has 0 saturated carbocycles. The summed E-state index contributed by atoms with van der Waals surface area (Å²) in [4.78, 5) is 17.8. The van der Waals surface area contributed by atoms with Crippen LogP contribution in [0.25, 0.3) is 5.78 Å². The second-order valence-electron chi connectivity index (χ2n) is 6.40. The van der Waals surface area contributed by atoms with Crippen LogP contribution in [-0.2, 0) is 6.67 Å². The third-order valence-electron chi connectivity index (χ3n) is 4.61. The van der Waals surface area contributed by atoms with E-state index in [1.54, 1.807) is 0 Å². The third kappa shape index (κ3) is 3.14. The molecule has 1 saturated heterocycles. The minimum Gasteiger partial charge on any atom is -0.369 e. The Labute approximate surface area is 151 Å². The average molecular weight is 355 g/mol. The molecule has 0 bridgehead atoms. The summed E-state index contributed by atoms with van der Waals surface area (Å²) in [6.45, 7) is 8.72. The number of hydrogen-bond donors (Lipinski definition) is 0. The van der Waals surface area contributed by atoms with Crippen LogP contribution in [0.15, 0.2) is 30.6 Å². The van der Waals surface area contributed by atoms with Gasteiger partial charge in [-0.3, -0.25) is 9.88 Å².